The van der Waals surface area contributed by atoms with E-state index in [1.54, 1.807) is 24.3 Å². The van der Waals surface area contributed by atoms with E-state index in [0.717, 1.165) is 23.5 Å². The molecular formula is C25H26F3N5O. The molecule has 34 heavy (non-hydrogen) atoms. The van der Waals surface area contributed by atoms with Crippen molar-refractivity contribution in [2.24, 2.45) is 0 Å². The number of fused-ring (bicyclic) bond motifs is 1. The van der Waals surface area contributed by atoms with Crippen LogP contribution in [-0.2, 0) is 17.9 Å². The number of imidazole rings is 1. The second-order valence-electron chi connectivity index (χ2n) is 8.75. The van der Waals surface area contributed by atoms with Crippen molar-refractivity contribution in [1.29, 1.82) is 0 Å². The molecule has 1 N–H and O–H groups in total. The van der Waals surface area contributed by atoms with Gasteiger partial charge in [-0.05, 0) is 61.4 Å². The van der Waals surface area contributed by atoms with Crippen molar-refractivity contribution in [1.82, 2.24) is 19.4 Å². The first-order valence-corrected chi connectivity index (χ1v) is 11.5. The van der Waals surface area contributed by atoms with Crippen LogP contribution in [0.15, 0.2) is 48.5 Å². The minimum Gasteiger partial charge on any atom is -0.340 e. The number of carbonyl (C=O) groups excluding carboxylic acids is 1. The number of halogens is 3. The third-order valence-electron chi connectivity index (χ3n) is 6.56. The van der Waals surface area contributed by atoms with Gasteiger partial charge in [0.2, 0.25) is 0 Å². The fourth-order valence-corrected chi connectivity index (χ4v) is 4.72. The number of aromatic nitrogens is 2. The number of aldehydes is 1. The highest BCUT2D eigenvalue weighted by Gasteiger charge is 2.33. The number of hydrogen-bond donors (Lipinski definition) is 1. The molecule has 0 bridgehead atoms. The average molecular weight is 470 g/mol. The van der Waals surface area contributed by atoms with Crippen molar-refractivity contribution < 1.29 is 18.0 Å². The normalized spacial score (nSPS) is 18.4. The number of alkyl halides is 1. The highest BCUT2D eigenvalue weighted by molar-refractivity contribution is 5.76. The molecule has 1 aromatic heterocycles. The van der Waals surface area contributed by atoms with Crippen LogP contribution < -0.4 is 5.32 Å². The Kier molecular flexibility index (Phi) is 6.38. The summed E-state index contributed by atoms with van der Waals surface area (Å²) in [5, 5.41) is 3.35. The van der Waals surface area contributed by atoms with Crippen molar-refractivity contribution in [3.05, 3.63) is 66.0 Å². The number of rotatable bonds is 6. The minimum atomic E-state index is -0.804. The van der Waals surface area contributed by atoms with Gasteiger partial charge in [0.15, 0.2) is 6.29 Å². The van der Waals surface area contributed by atoms with E-state index in [1.165, 1.54) is 24.3 Å². The molecule has 2 aromatic carbocycles. The van der Waals surface area contributed by atoms with Crippen LogP contribution in [0.4, 0.5) is 24.7 Å². The van der Waals surface area contributed by atoms with Gasteiger partial charge in [-0.2, -0.15) is 0 Å². The van der Waals surface area contributed by atoms with Crippen molar-refractivity contribution in [2.45, 2.75) is 38.3 Å². The number of piperidine rings is 1. The Labute approximate surface area is 196 Å². The number of likely N-dealkylation sites (tertiary alicyclic amines) is 1. The molecule has 0 radical (unpaired) electrons. The fourth-order valence-electron chi connectivity index (χ4n) is 4.72. The summed E-state index contributed by atoms with van der Waals surface area (Å²) in [5.41, 5.74) is 2.10. The molecule has 3 heterocycles. The fraction of sp³-hybridized carbons (Fsp3) is 0.360. The Morgan fingerprint density at radius 3 is 2.21 bits per heavy atom. The smallest absolute Gasteiger partial charge is 0.151 e. The van der Waals surface area contributed by atoms with Gasteiger partial charge in [-0.1, -0.05) is 0 Å². The molecule has 178 valence electrons. The molecule has 2 aliphatic rings. The second kappa shape index (κ2) is 9.60. The molecule has 2 aliphatic heterocycles. The van der Waals surface area contributed by atoms with Gasteiger partial charge in [0, 0.05) is 37.4 Å². The molecule has 0 spiro atoms. The summed E-state index contributed by atoms with van der Waals surface area (Å²) in [7, 11) is 0. The van der Waals surface area contributed by atoms with Gasteiger partial charge < -0.3 is 14.7 Å². The van der Waals surface area contributed by atoms with Crippen LogP contribution in [0.3, 0.4) is 0 Å². The van der Waals surface area contributed by atoms with Gasteiger partial charge in [-0.15, -0.1) is 0 Å². The molecule has 0 saturated carbocycles. The molecule has 3 aromatic rings. The predicted molar refractivity (Wildman–Crippen MR) is 123 cm³/mol. The third-order valence-corrected chi connectivity index (χ3v) is 6.56. The van der Waals surface area contributed by atoms with Gasteiger partial charge in [0.1, 0.15) is 41.3 Å². The van der Waals surface area contributed by atoms with Crippen molar-refractivity contribution in [2.75, 3.05) is 25.0 Å². The molecule has 1 saturated heterocycles. The van der Waals surface area contributed by atoms with E-state index < -0.39 is 12.3 Å². The van der Waals surface area contributed by atoms with Crippen LogP contribution in [0.2, 0.25) is 0 Å². The maximum atomic E-state index is 13.6. The van der Waals surface area contributed by atoms with Crippen molar-refractivity contribution in [3.8, 4) is 11.3 Å². The van der Waals surface area contributed by atoms with Crippen molar-refractivity contribution >= 4 is 17.8 Å². The van der Waals surface area contributed by atoms with E-state index in [4.69, 9.17) is 4.98 Å². The van der Waals surface area contributed by atoms with Crippen LogP contribution in [0.5, 0.6) is 0 Å². The van der Waals surface area contributed by atoms with Gasteiger partial charge in [-0.25, -0.2) is 18.2 Å². The van der Waals surface area contributed by atoms with Gasteiger partial charge in [0.05, 0.1) is 6.54 Å². The van der Waals surface area contributed by atoms with E-state index in [0.29, 0.717) is 56.9 Å². The van der Waals surface area contributed by atoms with E-state index in [9.17, 15) is 18.0 Å². The van der Waals surface area contributed by atoms with Gasteiger partial charge in [0.25, 0.3) is 0 Å². The van der Waals surface area contributed by atoms with Crippen LogP contribution in [-0.4, -0.2) is 57.6 Å². The molecule has 9 heteroatoms. The van der Waals surface area contributed by atoms with Gasteiger partial charge >= 0.3 is 0 Å². The van der Waals surface area contributed by atoms with Crippen LogP contribution in [0.25, 0.3) is 11.3 Å². The lowest BCUT2D eigenvalue weighted by atomic mass is 10.1. The summed E-state index contributed by atoms with van der Waals surface area (Å²) in [4.78, 5) is 21.0. The maximum absolute atomic E-state index is 13.6. The number of hydrogen-bond acceptors (Lipinski definition) is 5. The second-order valence-corrected chi connectivity index (χ2v) is 8.75. The first-order chi connectivity index (χ1) is 16.5. The van der Waals surface area contributed by atoms with E-state index in [1.807, 2.05) is 9.47 Å². The van der Waals surface area contributed by atoms with E-state index in [-0.39, 0.29) is 11.6 Å². The quantitative estimate of drug-likeness (QED) is 0.544. The Morgan fingerprint density at radius 1 is 0.912 bits per heavy atom. The molecular weight excluding hydrogens is 443 g/mol. The zero-order valence-corrected chi connectivity index (χ0v) is 18.6. The number of benzene rings is 2. The summed E-state index contributed by atoms with van der Waals surface area (Å²) >= 11 is 0. The number of nitrogens with zero attached hydrogens (tertiary/aromatic N) is 4. The zero-order valence-electron chi connectivity index (χ0n) is 18.6. The highest BCUT2D eigenvalue weighted by Crippen LogP contribution is 2.34. The molecule has 0 amide bonds. The topological polar surface area (TPSA) is 53.4 Å². The number of carbonyl (C=O) groups is 1. The lowest BCUT2D eigenvalue weighted by Gasteiger charge is -2.40. The highest BCUT2D eigenvalue weighted by atomic mass is 19.1. The summed E-state index contributed by atoms with van der Waals surface area (Å²) < 4.78 is 42.6. The Hall–Kier alpha value is -3.17. The first-order valence-electron chi connectivity index (χ1n) is 11.5. The standard InChI is InChI=1S/C25H26F3N5O/c26-18-3-1-17(2-4-18)24-25(29-21-7-5-19(27)6-8-21)33-14-13-32(15-22(33)30-24)23(16-34)31-11-9-20(28)10-12-31/h1-8,16,20,23,29H,9-15H2. The Bertz CT molecular complexity index is 1140. The maximum Gasteiger partial charge on any atom is 0.151 e. The Balaban J connectivity index is 1.46. The summed E-state index contributed by atoms with van der Waals surface area (Å²) in [6, 6.07) is 12.2. The lowest BCUT2D eigenvalue weighted by Crippen LogP contribution is -2.54. The monoisotopic (exact) mass is 469 g/mol. The average Bonchev–Trinajstić information content (AvgIpc) is 3.20. The van der Waals surface area contributed by atoms with Crippen LogP contribution >= 0.6 is 0 Å². The first kappa shape index (κ1) is 22.6. The molecule has 1 unspecified atom stereocenters. The summed E-state index contributed by atoms with van der Waals surface area (Å²) in [6.45, 7) is 2.74. The van der Waals surface area contributed by atoms with E-state index >= 15 is 0 Å². The third kappa shape index (κ3) is 4.58. The molecule has 1 atom stereocenters. The zero-order chi connectivity index (χ0) is 23.7. The lowest BCUT2D eigenvalue weighted by molar-refractivity contribution is -0.121. The Morgan fingerprint density at radius 2 is 1.56 bits per heavy atom. The molecule has 0 aliphatic carbocycles. The van der Waals surface area contributed by atoms with Gasteiger partial charge in [-0.3, -0.25) is 9.80 Å². The van der Waals surface area contributed by atoms with Crippen molar-refractivity contribution in [3.63, 3.8) is 0 Å². The van der Waals surface area contributed by atoms with Crippen LogP contribution in [0, 0.1) is 11.6 Å². The molecule has 1 fully saturated rings. The molecule has 6 nitrogen and oxygen atoms in total. The molecule has 5 rings (SSSR count). The summed E-state index contributed by atoms with van der Waals surface area (Å²) in [5.74, 6) is 0.834. The number of anilines is 2. The minimum absolute atomic E-state index is 0.327. The van der Waals surface area contributed by atoms with E-state index in [2.05, 4.69) is 10.2 Å². The summed E-state index contributed by atoms with van der Waals surface area (Å²) in [6.07, 6.45) is 0.568. The predicted octanol–water partition coefficient (Wildman–Crippen LogP) is 4.35. The largest absolute Gasteiger partial charge is 0.340 e. The van der Waals surface area contributed by atoms with Crippen LogP contribution in [0.1, 0.15) is 18.7 Å². The SMILES string of the molecule is O=CC(N1CCC(F)CC1)N1CCn2c(nc(-c3ccc(F)cc3)c2Nc2ccc(F)cc2)C1. The number of nitrogens with one attached hydrogen (secondary N) is 1.